The zero-order valence-corrected chi connectivity index (χ0v) is 21.1. The molecule has 0 radical (unpaired) electrons. The third kappa shape index (κ3) is 5.02. The van der Waals surface area contributed by atoms with Crippen LogP contribution in [-0.4, -0.2) is 18.6 Å². The summed E-state index contributed by atoms with van der Waals surface area (Å²) in [5.74, 6) is -4.35. The van der Waals surface area contributed by atoms with Gasteiger partial charge in [-0.25, -0.2) is 13.2 Å². The fourth-order valence-electron chi connectivity index (χ4n) is 6.95. The van der Waals surface area contributed by atoms with E-state index in [1.165, 1.54) is 6.92 Å². The van der Waals surface area contributed by atoms with Gasteiger partial charge in [-0.15, -0.1) is 0 Å². The van der Waals surface area contributed by atoms with Gasteiger partial charge in [-0.1, -0.05) is 6.07 Å². The van der Waals surface area contributed by atoms with Crippen LogP contribution in [0.3, 0.4) is 0 Å². The van der Waals surface area contributed by atoms with E-state index in [2.05, 4.69) is 0 Å². The lowest BCUT2D eigenvalue weighted by Gasteiger charge is -2.57. The van der Waals surface area contributed by atoms with Crippen molar-refractivity contribution in [2.24, 2.45) is 17.8 Å². The van der Waals surface area contributed by atoms with Crippen LogP contribution in [0.5, 0.6) is 5.75 Å². The highest BCUT2D eigenvalue weighted by Crippen LogP contribution is 2.58. The third-order valence-electron chi connectivity index (χ3n) is 8.02. The molecule has 0 aromatic heterocycles. The molecule has 4 aliphatic rings. The van der Waals surface area contributed by atoms with Gasteiger partial charge in [-0.05, 0) is 81.4 Å². The maximum Gasteiger partial charge on any atom is 0.416 e. The fourth-order valence-corrected chi connectivity index (χ4v) is 7.63. The summed E-state index contributed by atoms with van der Waals surface area (Å²) in [7, 11) is -5.50. The Bertz CT molecular complexity index is 1320. The normalized spacial score (nSPS) is 27.5. The molecule has 4 aliphatic carbocycles. The Hall–Kier alpha value is -2.31. The SMILES string of the molecule is CC(OC12CC3CC(CC(C3)C1)C2)c1c(F)c(COc2cccc(C(F)(F)F)c2)c(F)c(S(=O)(=O)O)c1F. The van der Waals surface area contributed by atoms with E-state index in [1.54, 1.807) is 0 Å². The van der Waals surface area contributed by atoms with Gasteiger partial charge in [0.25, 0.3) is 10.1 Å². The Balaban J connectivity index is 1.49. The van der Waals surface area contributed by atoms with Crippen molar-refractivity contribution < 1.29 is 48.8 Å². The van der Waals surface area contributed by atoms with Crippen LogP contribution in [0.2, 0.25) is 0 Å². The number of benzene rings is 2. The molecule has 2 aromatic carbocycles. The highest BCUT2D eigenvalue weighted by Gasteiger charge is 2.52. The van der Waals surface area contributed by atoms with Gasteiger partial charge in [0.1, 0.15) is 18.2 Å². The molecular formula is C26H26F6O5S. The van der Waals surface area contributed by atoms with E-state index in [1.807, 2.05) is 0 Å². The molecule has 0 saturated heterocycles. The van der Waals surface area contributed by atoms with Crippen molar-refractivity contribution in [3.8, 4) is 5.75 Å². The monoisotopic (exact) mass is 564 g/mol. The highest BCUT2D eigenvalue weighted by atomic mass is 32.2. The summed E-state index contributed by atoms with van der Waals surface area (Å²) in [6.07, 6.45) is -0.749. The van der Waals surface area contributed by atoms with E-state index in [4.69, 9.17) is 9.47 Å². The summed E-state index contributed by atoms with van der Waals surface area (Å²) in [4.78, 5) is -1.77. The molecule has 208 valence electrons. The molecule has 5 nitrogen and oxygen atoms in total. The first-order valence-electron chi connectivity index (χ1n) is 12.3. The predicted octanol–water partition coefficient (Wildman–Crippen LogP) is 6.99. The standard InChI is InChI=1S/C26H26F6O5S/c1-13(37-25-9-14-5-15(10-25)7-16(6-14)11-25)20-21(27)19(22(28)24(23(20)29)38(33,34)35)12-36-18-4-2-3-17(8-18)26(30,31)32/h2-4,8,13-16H,5-7,9-12H2,1H3,(H,33,34,35). The van der Waals surface area contributed by atoms with E-state index in [-0.39, 0.29) is 0 Å². The second-order valence-corrected chi connectivity index (χ2v) is 12.2. The maximum atomic E-state index is 15.6. The van der Waals surface area contributed by atoms with E-state index >= 15 is 13.2 Å². The Morgan fingerprint density at radius 1 is 1.00 bits per heavy atom. The van der Waals surface area contributed by atoms with Gasteiger partial charge in [-0.3, -0.25) is 4.55 Å². The zero-order chi connectivity index (χ0) is 27.6. The lowest BCUT2D eigenvalue weighted by Crippen LogP contribution is -2.52. The first kappa shape index (κ1) is 27.3. The Morgan fingerprint density at radius 2 is 1.58 bits per heavy atom. The van der Waals surface area contributed by atoms with Crippen LogP contribution in [0.1, 0.15) is 68.2 Å². The predicted molar refractivity (Wildman–Crippen MR) is 122 cm³/mol. The molecule has 12 heteroatoms. The van der Waals surface area contributed by atoms with Crippen LogP contribution in [0, 0.1) is 35.2 Å². The van der Waals surface area contributed by atoms with Gasteiger partial charge in [-0.2, -0.15) is 21.6 Å². The zero-order valence-electron chi connectivity index (χ0n) is 20.3. The quantitative estimate of drug-likeness (QED) is 0.290. The molecule has 6 rings (SSSR count). The van der Waals surface area contributed by atoms with Crippen LogP contribution >= 0.6 is 0 Å². The van der Waals surface area contributed by atoms with Crippen molar-refractivity contribution in [1.29, 1.82) is 0 Å². The van der Waals surface area contributed by atoms with Gasteiger partial charge in [0.2, 0.25) is 0 Å². The smallest absolute Gasteiger partial charge is 0.416 e. The van der Waals surface area contributed by atoms with E-state index in [0.717, 1.165) is 37.5 Å². The second kappa shape index (κ2) is 9.41. The summed E-state index contributed by atoms with van der Waals surface area (Å²) < 4.78 is 130. The molecule has 0 aliphatic heterocycles. The molecule has 4 bridgehead atoms. The molecule has 0 spiro atoms. The van der Waals surface area contributed by atoms with Gasteiger partial charge in [0, 0.05) is 0 Å². The molecule has 1 atom stereocenters. The summed E-state index contributed by atoms with van der Waals surface area (Å²) in [5, 5.41) is 0. The number of hydrogen-bond donors (Lipinski definition) is 1. The maximum absolute atomic E-state index is 15.6. The molecule has 2 aromatic rings. The van der Waals surface area contributed by atoms with Crippen LogP contribution < -0.4 is 4.74 Å². The van der Waals surface area contributed by atoms with Crippen molar-refractivity contribution in [2.45, 2.75) is 74.8 Å². The van der Waals surface area contributed by atoms with Crippen molar-refractivity contribution in [3.63, 3.8) is 0 Å². The van der Waals surface area contributed by atoms with E-state index in [9.17, 15) is 26.1 Å². The summed E-state index contributed by atoms with van der Waals surface area (Å²) in [6.45, 7) is 0.252. The molecule has 0 amide bonds. The van der Waals surface area contributed by atoms with Gasteiger partial charge >= 0.3 is 6.18 Å². The minimum Gasteiger partial charge on any atom is -0.489 e. The number of alkyl halides is 3. The summed E-state index contributed by atoms with van der Waals surface area (Å²) in [6, 6.07) is 3.50. The van der Waals surface area contributed by atoms with E-state index < -0.39 is 79.4 Å². The lowest BCUT2D eigenvalue weighted by molar-refractivity contribution is -0.187. The summed E-state index contributed by atoms with van der Waals surface area (Å²) >= 11 is 0. The number of ether oxygens (including phenoxy) is 2. The van der Waals surface area contributed by atoms with Crippen LogP contribution in [0.4, 0.5) is 26.3 Å². The third-order valence-corrected chi connectivity index (χ3v) is 8.89. The first-order chi connectivity index (χ1) is 17.7. The molecule has 4 fully saturated rings. The van der Waals surface area contributed by atoms with Gasteiger partial charge in [0.15, 0.2) is 16.5 Å². The fraction of sp³-hybridized carbons (Fsp3) is 0.538. The summed E-state index contributed by atoms with van der Waals surface area (Å²) in [5.41, 5.74) is -3.68. The van der Waals surface area contributed by atoms with Crippen molar-refractivity contribution in [2.75, 3.05) is 0 Å². The molecule has 0 heterocycles. The topological polar surface area (TPSA) is 72.8 Å². The molecule has 38 heavy (non-hydrogen) atoms. The number of halogens is 6. The minimum atomic E-state index is -5.50. The van der Waals surface area contributed by atoms with Crippen LogP contribution in [0.25, 0.3) is 0 Å². The average Bonchev–Trinajstić information content (AvgIpc) is 2.76. The number of rotatable bonds is 7. The van der Waals surface area contributed by atoms with Crippen molar-refractivity contribution in [3.05, 3.63) is 58.4 Å². The molecular weight excluding hydrogens is 538 g/mol. The molecule has 1 N–H and O–H groups in total. The molecule has 1 unspecified atom stereocenters. The first-order valence-corrected chi connectivity index (χ1v) is 13.8. The second-order valence-electron chi connectivity index (χ2n) is 10.8. The largest absolute Gasteiger partial charge is 0.489 e. The highest BCUT2D eigenvalue weighted by molar-refractivity contribution is 7.85. The van der Waals surface area contributed by atoms with Gasteiger partial charge < -0.3 is 9.47 Å². The van der Waals surface area contributed by atoms with Crippen LogP contribution in [-0.2, 0) is 27.6 Å². The number of hydrogen-bond acceptors (Lipinski definition) is 4. The van der Waals surface area contributed by atoms with Crippen LogP contribution in [0.15, 0.2) is 29.2 Å². The van der Waals surface area contributed by atoms with Crippen molar-refractivity contribution in [1.82, 2.24) is 0 Å². The lowest BCUT2D eigenvalue weighted by atomic mass is 9.54. The van der Waals surface area contributed by atoms with Gasteiger partial charge in [0.05, 0.1) is 28.4 Å². The van der Waals surface area contributed by atoms with E-state index in [0.29, 0.717) is 43.1 Å². The average molecular weight is 565 g/mol. The van der Waals surface area contributed by atoms with Crippen molar-refractivity contribution >= 4 is 10.1 Å². The Labute approximate surface area is 215 Å². The Kier molecular flexibility index (Phi) is 6.75. The minimum absolute atomic E-state index is 0.407. The molecule has 4 saturated carbocycles. The Morgan fingerprint density at radius 3 is 2.11 bits per heavy atom.